The maximum Gasteiger partial charge on any atom is 0.233 e. The van der Waals surface area contributed by atoms with Gasteiger partial charge in [0.1, 0.15) is 0 Å². The molecule has 4 heteroatoms. The van der Waals surface area contributed by atoms with Gasteiger partial charge in [0, 0.05) is 37.6 Å². The van der Waals surface area contributed by atoms with Gasteiger partial charge in [-0.2, -0.15) is 0 Å². The highest BCUT2D eigenvalue weighted by Gasteiger charge is 2.21. The molecular weight excluding hydrogens is 292 g/mol. The van der Waals surface area contributed by atoms with Gasteiger partial charge in [0.2, 0.25) is 5.91 Å². The lowest BCUT2D eigenvalue weighted by molar-refractivity contribution is -0.130. The lowest BCUT2D eigenvalue weighted by Gasteiger charge is -2.35. The highest BCUT2D eigenvalue weighted by Crippen LogP contribution is 2.24. The molecule has 1 amide bonds. The van der Waals surface area contributed by atoms with Crippen LogP contribution in [0.4, 0.5) is 0 Å². The molecule has 1 aromatic carbocycles. The normalized spacial score (nSPS) is 16.3. The molecule has 0 spiro atoms. The van der Waals surface area contributed by atoms with Crippen molar-refractivity contribution in [3.63, 3.8) is 0 Å². The molecule has 1 fully saturated rings. The van der Waals surface area contributed by atoms with Crippen molar-refractivity contribution < 1.29 is 4.79 Å². The van der Waals surface area contributed by atoms with E-state index in [4.69, 9.17) is 0 Å². The van der Waals surface area contributed by atoms with E-state index < -0.39 is 0 Å². The van der Waals surface area contributed by atoms with Crippen LogP contribution < -0.4 is 0 Å². The fourth-order valence-electron chi connectivity index (χ4n) is 2.79. The number of piperazine rings is 1. The third kappa shape index (κ3) is 5.03. The maximum atomic E-state index is 12.4. The van der Waals surface area contributed by atoms with Crippen molar-refractivity contribution in [2.24, 2.45) is 5.92 Å². The van der Waals surface area contributed by atoms with Crippen molar-refractivity contribution in [2.45, 2.75) is 32.6 Å². The highest BCUT2D eigenvalue weighted by molar-refractivity contribution is 8.00. The van der Waals surface area contributed by atoms with Gasteiger partial charge in [0.05, 0.1) is 5.75 Å². The molecule has 1 aliphatic heterocycles. The second kappa shape index (κ2) is 8.02. The predicted molar refractivity (Wildman–Crippen MR) is 94.5 cm³/mol. The molecule has 1 aliphatic rings. The van der Waals surface area contributed by atoms with Gasteiger partial charge < -0.3 is 4.90 Å². The molecule has 0 bridgehead atoms. The first-order valence-electron chi connectivity index (χ1n) is 8.16. The molecule has 0 unspecified atom stereocenters. The van der Waals surface area contributed by atoms with Crippen LogP contribution in [0.5, 0.6) is 0 Å². The van der Waals surface area contributed by atoms with Gasteiger partial charge in [-0.15, -0.1) is 11.8 Å². The van der Waals surface area contributed by atoms with Crippen LogP contribution in [0.25, 0.3) is 0 Å². The molecule has 2 rings (SSSR count). The van der Waals surface area contributed by atoms with E-state index in [9.17, 15) is 4.79 Å². The van der Waals surface area contributed by atoms with E-state index in [0.29, 0.717) is 11.7 Å². The molecule has 0 aliphatic carbocycles. The summed E-state index contributed by atoms with van der Waals surface area (Å²) in [4.78, 5) is 18.1. The number of thioether (sulfide) groups is 1. The van der Waals surface area contributed by atoms with Crippen LogP contribution in [0.15, 0.2) is 23.1 Å². The molecule has 0 aromatic heterocycles. The van der Waals surface area contributed by atoms with Crippen LogP contribution in [0.2, 0.25) is 0 Å². The first kappa shape index (κ1) is 17.4. The Kier molecular flexibility index (Phi) is 6.33. The summed E-state index contributed by atoms with van der Waals surface area (Å²) < 4.78 is 0. The van der Waals surface area contributed by atoms with Crippen LogP contribution in [0.3, 0.4) is 0 Å². The van der Waals surface area contributed by atoms with Crippen LogP contribution in [0, 0.1) is 19.8 Å². The van der Waals surface area contributed by atoms with E-state index in [-0.39, 0.29) is 5.91 Å². The number of aryl methyl sites for hydroxylation is 2. The number of hydrogen-bond acceptors (Lipinski definition) is 3. The fourth-order valence-corrected chi connectivity index (χ4v) is 3.82. The minimum Gasteiger partial charge on any atom is -0.339 e. The quantitative estimate of drug-likeness (QED) is 0.779. The van der Waals surface area contributed by atoms with E-state index in [1.807, 2.05) is 4.90 Å². The first-order chi connectivity index (χ1) is 10.5. The predicted octanol–water partition coefficient (Wildman–Crippen LogP) is 3.20. The zero-order valence-corrected chi connectivity index (χ0v) is 15.1. The molecule has 1 aromatic rings. The average Bonchev–Trinajstić information content (AvgIpc) is 2.48. The Morgan fingerprint density at radius 1 is 1.18 bits per heavy atom. The monoisotopic (exact) mass is 320 g/mol. The van der Waals surface area contributed by atoms with Crippen molar-refractivity contribution >= 4 is 17.7 Å². The minimum atomic E-state index is 0.273. The number of nitrogens with zero attached hydrogens (tertiary/aromatic N) is 2. The van der Waals surface area contributed by atoms with E-state index in [2.05, 4.69) is 50.8 Å². The van der Waals surface area contributed by atoms with E-state index in [0.717, 1.165) is 32.7 Å². The summed E-state index contributed by atoms with van der Waals surface area (Å²) in [5.74, 6) is 1.52. The smallest absolute Gasteiger partial charge is 0.233 e. The van der Waals surface area contributed by atoms with Gasteiger partial charge in [0.25, 0.3) is 0 Å². The number of benzene rings is 1. The molecule has 0 N–H and O–H groups in total. The van der Waals surface area contributed by atoms with Crippen LogP contribution >= 0.6 is 11.8 Å². The van der Waals surface area contributed by atoms with Gasteiger partial charge in [-0.05, 0) is 31.4 Å². The Balaban J connectivity index is 1.80. The Labute approximate surface area is 139 Å². The van der Waals surface area contributed by atoms with E-state index >= 15 is 0 Å². The maximum absolute atomic E-state index is 12.4. The fraction of sp³-hybridized carbons (Fsp3) is 0.611. The molecule has 22 heavy (non-hydrogen) atoms. The van der Waals surface area contributed by atoms with Crippen molar-refractivity contribution in [3.05, 3.63) is 29.3 Å². The minimum absolute atomic E-state index is 0.273. The molecule has 1 heterocycles. The Morgan fingerprint density at radius 2 is 1.86 bits per heavy atom. The summed E-state index contributed by atoms with van der Waals surface area (Å²) in [5, 5.41) is 0. The molecule has 0 radical (unpaired) electrons. The van der Waals surface area contributed by atoms with Gasteiger partial charge >= 0.3 is 0 Å². The molecule has 0 atom stereocenters. The largest absolute Gasteiger partial charge is 0.339 e. The molecule has 0 saturated carbocycles. The molecular formula is C18H28N2OS. The van der Waals surface area contributed by atoms with E-state index in [1.54, 1.807) is 11.8 Å². The average molecular weight is 321 g/mol. The third-order valence-electron chi connectivity index (χ3n) is 4.04. The van der Waals surface area contributed by atoms with Crippen LogP contribution in [-0.4, -0.2) is 54.2 Å². The number of amides is 1. The van der Waals surface area contributed by atoms with Gasteiger partial charge in [-0.3, -0.25) is 9.69 Å². The van der Waals surface area contributed by atoms with Crippen molar-refractivity contribution in [1.82, 2.24) is 9.80 Å². The summed E-state index contributed by atoms with van der Waals surface area (Å²) in [5.41, 5.74) is 2.51. The summed E-state index contributed by atoms with van der Waals surface area (Å²) in [6, 6.07) is 6.43. The summed E-state index contributed by atoms with van der Waals surface area (Å²) in [7, 11) is 0. The summed E-state index contributed by atoms with van der Waals surface area (Å²) >= 11 is 1.67. The Morgan fingerprint density at radius 3 is 2.50 bits per heavy atom. The topological polar surface area (TPSA) is 23.6 Å². The summed E-state index contributed by atoms with van der Waals surface area (Å²) in [6.45, 7) is 13.6. The van der Waals surface area contributed by atoms with Crippen LogP contribution in [0.1, 0.15) is 25.0 Å². The highest BCUT2D eigenvalue weighted by atomic mass is 32.2. The van der Waals surface area contributed by atoms with E-state index in [1.165, 1.54) is 16.0 Å². The molecule has 3 nitrogen and oxygen atoms in total. The lowest BCUT2D eigenvalue weighted by atomic mass is 10.2. The van der Waals surface area contributed by atoms with Gasteiger partial charge in [-0.25, -0.2) is 0 Å². The standard InChI is InChI=1S/C18H28N2OS/c1-14(2)12-19-7-9-20(10-8-19)18(21)13-22-17-11-15(3)5-6-16(17)4/h5-6,11,14H,7-10,12-13H2,1-4H3. The third-order valence-corrected chi connectivity index (χ3v) is 5.19. The van der Waals surface area contributed by atoms with Crippen molar-refractivity contribution in [1.29, 1.82) is 0 Å². The van der Waals surface area contributed by atoms with Gasteiger partial charge in [-0.1, -0.05) is 31.5 Å². The second-order valence-electron chi connectivity index (χ2n) is 6.63. The zero-order chi connectivity index (χ0) is 16.1. The second-order valence-corrected chi connectivity index (χ2v) is 7.65. The zero-order valence-electron chi connectivity index (χ0n) is 14.3. The Hall–Kier alpha value is -1.00. The number of rotatable bonds is 5. The number of carbonyl (C=O) groups excluding carboxylic acids is 1. The lowest BCUT2D eigenvalue weighted by Crippen LogP contribution is -2.50. The van der Waals surface area contributed by atoms with Crippen LogP contribution in [-0.2, 0) is 4.79 Å². The Bertz CT molecular complexity index is 508. The SMILES string of the molecule is Cc1ccc(C)c(SCC(=O)N2CCN(CC(C)C)CC2)c1. The van der Waals surface area contributed by atoms with Crippen molar-refractivity contribution in [3.8, 4) is 0 Å². The summed E-state index contributed by atoms with van der Waals surface area (Å²) in [6.07, 6.45) is 0. The van der Waals surface area contributed by atoms with Gasteiger partial charge in [0.15, 0.2) is 0 Å². The molecule has 122 valence electrons. The first-order valence-corrected chi connectivity index (χ1v) is 9.14. The molecule has 1 saturated heterocycles. The number of hydrogen-bond donors (Lipinski definition) is 0. The van der Waals surface area contributed by atoms with Crippen molar-refractivity contribution in [2.75, 3.05) is 38.5 Å². The number of carbonyl (C=O) groups is 1.